The van der Waals surface area contributed by atoms with E-state index in [4.69, 9.17) is 0 Å². The van der Waals surface area contributed by atoms with Gasteiger partial charge in [-0.05, 0) is 29.9 Å². The van der Waals surface area contributed by atoms with Gasteiger partial charge in [0, 0.05) is 25.4 Å². The third-order valence-electron chi connectivity index (χ3n) is 4.51. The average molecular weight is 381 g/mol. The van der Waals surface area contributed by atoms with Gasteiger partial charge in [-0.2, -0.15) is 18.3 Å². The second-order valence-electron chi connectivity index (χ2n) is 6.26. The number of nitro groups is 1. The first-order valence-corrected chi connectivity index (χ1v) is 8.19. The number of aromatic nitrogens is 5. The Morgan fingerprint density at radius 3 is 2.74 bits per heavy atom. The molecule has 3 aromatic rings. The van der Waals surface area contributed by atoms with Crippen molar-refractivity contribution >= 4 is 17.3 Å². The number of hydrogen-bond acceptors (Lipinski definition) is 6. The number of piperidine rings is 1. The van der Waals surface area contributed by atoms with E-state index in [1.54, 1.807) is 12.1 Å². The van der Waals surface area contributed by atoms with Crippen LogP contribution in [-0.4, -0.2) is 42.4 Å². The summed E-state index contributed by atoms with van der Waals surface area (Å²) in [6, 6.07) is 4.02. The molecule has 0 aromatic carbocycles. The molecule has 0 spiro atoms. The van der Waals surface area contributed by atoms with Crippen molar-refractivity contribution in [2.75, 3.05) is 18.0 Å². The summed E-state index contributed by atoms with van der Waals surface area (Å²) in [5, 5.41) is 19.0. The summed E-state index contributed by atoms with van der Waals surface area (Å²) in [6.45, 7) is 1.05. The lowest BCUT2D eigenvalue weighted by Crippen LogP contribution is -2.37. The van der Waals surface area contributed by atoms with E-state index in [2.05, 4.69) is 15.2 Å². The first kappa shape index (κ1) is 17.2. The summed E-state index contributed by atoms with van der Waals surface area (Å²) in [5.41, 5.74) is -0.575. The molecule has 4 heterocycles. The molecule has 1 unspecified atom stereocenters. The van der Waals surface area contributed by atoms with Crippen molar-refractivity contribution in [3.05, 3.63) is 46.4 Å². The van der Waals surface area contributed by atoms with Gasteiger partial charge in [-0.25, -0.2) is 4.98 Å². The maximum absolute atomic E-state index is 12.8. The lowest BCUT2D eigenvalue weighted by Gasteiger charge is -2.33. The van der Waals surface area contributed by atoms with E-state index in [0.717, 1.165) is 23.2 Å². The van der Waals surface area contributed by atoms with Gasteiger partial charge in [0.1, 0.15) is 6.20 Å². The zero-order valence-corrected chi connectivity index (χ0v) is 13.9. The number of halogens is 3. The highest BCUT2D eigenvalue weighted by atomic mass is 19.4. The molecular weight excluding hydrogens is 367 g/mol. The smallest absolute Gasteiger partial charge is 0.358 e. The Balaban J connectivity index is 1.59. The Morgan fingerprint density at radius 1 is 1.22 bits per heavy atom. The van der Waals surface area contributed by atoms with Gasteiger partial charge < -0.3 is 15.0 Å². The second kappa shape index (κ2) is 6.21. The Morgan fingerprint density at radius 2 is 2.04 bits per heavy atom. The molecule has 0 aliphatic carbocycles. The minimum Gasteiger partial charge on any atom is -0.358 e. The van der Waals surface area contributed by atoms with Crippen molar-refractivity contribution in [1.29, 1.82) is 0 Å². The van der Waals surface area contributed by atoms with Crippen LogP contribution < -0.4 is 4.90 Å². The van der Waals surface area contributed by atoms with Gasteiger partial charge in [0.15, 0.2) is 11.5 Å². The highest BCUT2D eigenvalue weighted by Crippen LogP contribution is 2.30. The lowest BCUT2D eigenvalue weighted by atomic mass is 10.1. The molecule has 0 amide bonds. The van der Waals surface area contributed by atoms with Crippen molar-refractivity contribution in [2.24, 2.45) is 0 Å². The van der Waals surface area contributed by atoms with E-state index in [1.807, 2.05) is 4.90 Å². The minimum atomic E-state index is -4.48. The van der Waals surface area contributed by atoms with Crippen molar-refractivity contribution in [3.8, 4) is 0 Å². The summed E-state index contributed by atoms with van der Waals surface area (Å²) in [7, 11) is 0. The number of imidazole rings is 1. The monoisotopic (exact) mass is 381 g/mol. The van der Waals surface area contributed by atoms with Crippen LogP contribution in [0, 0.1) is 10.1 Å². The van der Waals surface area contributed by atoms with E-state index in [-0.39, 0.29) is 11.9 Å². The van der Waals surface area contributed by atoms with E-state index in [9.17, 15) is 23.3 Å². The molecule has 12 heteroatoms. The minimum absolute atomic E-state index is 0.245. The molecule has 0 N–H and O–H groups in total. The summed E-state index contributed by atoms with van der Waals surface area (Å²) in [6.07, 6.45) is -0.602. The van der Waals surface area contributed by atoms with Crippen molar-refractivity contribution in [1.82, 2.24) is 24.4 Å². The van der Waals surface area contributed by atoms with Crippen LogP contribution in [0.5, 0.6) is 0 Å². The predicted octanol–water partition coefficient (Wildman–Crippen LogP) is 2.69. The molecule has 1 aliphatic rings. The van der Waals surface area contributed by atoms with Crippen molar-refractivity contribution in [2.45, 2.75) is 25.1 Å². The molecule has 0 bridgehead atoms. The number of fused-ring (bicyclic) bond motifs is 1. The van der Waals surface area contributed by atoms with Crippen LogP contribution in [0.4, 0.5) is 24.8 Å². The fraction of sp³-hybridized carbons (Fsp3) is 0.400. The van der Waals surface area contributed by atoms with Gasteiger partial charge in [-0.15, -0.1) is 0 Å². The molecule has 3 aromatic heterocycles. The van der Waals surface area contributed by atoms with Crippen LogP contribution in [-0.2, 0) is 6.18 Å². The van der Waals surface area contributed by atoms with Crippen LogP contribution in [0.15, 0.2) is 30.6 Å². The highest BCUT2D eigenvalue weighted by molar-refractivity contribution is 5.49. The van der Waals surface area contributed by atoms with Crippen LogP contribution >= 0.6 is 0 Å². The number of hydrogen-bond donors (Lipinski definition) is 0. The largest absolute Gasteiger partial charge is 0.435 e. The lowest BCUT2D eigenvalue weighted by molar-refractivity contribution is -0.391. The van der Waals surface area contributed by atoms with Gasteiger partial charge in [-0.1, -0.05) is 9.61 Å². The van der Waals surface area contributed by atoms with Gasteiger partial charge in [0.05, 0.1) is 6.04 Å². The second-order valence-corrected chi connectivity index (χ2v) is 6.26. The summed E-state index contributed by atoms with van der Waals surface area (Å²) in [4.78, 5) is 16.3. The topological polar surface area (TPSA) is 94.4 Å². The molecular formula is C15H14F3N7O2. The molecule has 1 fully saturated rings. The van der Waals surface area contributed by atoms with Gasteiger partial charge in [0.25, 0.3) is 0 Å². The number of alkyl halides is 3. The first-order valence-electron chi connectivity index (χ1n) is 8.19. The molecule has 1 atom stereocenters. The van der Waals surface area contributed by atoms with E-state index < -0.39 is 16.8 Å². The maximum atomic E-state index is 12.8. The van der Waals surface area contributed by atoms with Crippen LogP contribution in [0.3, 0.4) is 0 Å². The summed E-state index contributed by atoms with van der Waals surface area (Å²) >= 11 is 0. The Bertz CT molecular complexity index is 997. The SMILES string of the molecule is O=[N+]([O-])c1cnc2ccc(N3CCCC(n4ccc(C(F)(F)F)n4)C3)nn12. The van der Waals surface area contributed by atoms with Crippen molar-refractivity contribution < 1.29 is 18.1 Å². The Labute approximate surface area is 150 Å². The molecule has 9 nitrogen and oxygen atoms in total. The Kier molecular flexibility index (Phi) is 3.97. The first-order chi connectivity index (χ1) is 12.8. The van der Waals surface area contributed by atoms with Crippen LogP contribution in [0.25, 0.3) is 5.65 Å². The number of rotatable bonds is 3. The zero-order valence-electron chi connectivity index (χ0n) is 13.9. The van der Waals surface area contributed by atoms with Crippen LogP contribution in [0.1, 0.15) is 24.6 Å². The van der Waals surface area contributed by atoms with Crippen LogP contribution in [0.2, 0.25) is 0 Å². The molecule has 142 valence electrons. The van der Waals surface area contributed by atoms with Gasteiger partial charge in [0.2, 0.25) is 5.65 Å². The summed E-state index contributed by atoms with van der Waals surface area (Å²) in [5.74, 6) is 0.249. The maximum Gasteiger partial charge on any atom is 0.435 e. The fourth-order valence-electron chi connectivity index (χ4n) is 3.22. The predicted molar refractivity (Wildman–Crippen MR) is 87.4 cm³/mol. The third kappa shape index (κ3) is 3.17. The zero-order chi connectivity index (χ0) is 19.2. The number of anilines is 1. The van der Waals surface area contributed by atoms with E-state index >= 15 is 0 Å². The average Bonchev–Trinajstić information content (AvgIpc) is 3.28. The van der Waals surface area contributed by atoms with Crippen molar-refractivity contribution in [3.63, 3.8) is 0 Å². The standard InChI is InChI=1S/C15H14F3N7O2/c16-15(17,18)11-5-7-23(20-11)10-2-1-6-22(9-10)13-4-3-12-19-8-14(25(26)27)24(12)21-13/h3-5,7-8,10H,1-2,6,9H2. The molecule has 0 radical (unpaired) electrons. The molecule has 0 saturated carbocycles. The molecule has 1 saturated heterocycles. The third-order valence-corrected chi connectivity index (χ3v) is 4.51. The summed E-state index contributed by atoms with van der Waals surface area (Å²) < 4.78 is 40.8. The normalized spacial score (nSPS) is 18.2. The quantitative estimate of drug-likeness (QED) is 0.511. The van der Waals surface area contributed by atoms with Gasteiger partial charge in [-0.3, -0.25) is 4.68 Å². The molecule has 4 rings (SSSR count). The number of nitrogens with zero attached hydrogens (tertiary/aromatic N) is 7. The highest BCUT2D eigenvalue weighted by Gasteiger charge is 2.34. The van der Waals surface area contributed by atoms with E-state index in [1.165, 1.54) is 10.9 Å². The Hall–Kier alpha value is -3.18. The van der Waals surface area contributed by atoms with E-state index in [0.29, 0.717) is 31.0 Å². The molecule has 1 aliphatic heterocycles. The van der Waals surface area contributed by atoms with Gasteiger partial charge >= 0.3 is 12.0 Å². The fourth-order valence-corrected chi connectivity index (χ4v) is 3.22. The molecule has 27 heavy (non-hydrogen) atoms.